The number of allylic oxidation sites excluding steroid dienone is 2. The van der Waals surface area contributed by atoms with Crippen molar-refractivity contribution in [2.24, 2.45) is 50.2 Å². The molecule has 4 saturated carbocycles. The van der Waals surface area contributed by atoms with Crippen molar-refractivity contribution in [2.45, 2.75) is 119 Å². The molecule has 0 bridgehead atoms. The zero-order valence-corrected chi connectivity index (χ0v) is 22.1. The molecule has 0 amide bonds. The van der Waals surface area contributed by atoms with Gasteiger partial charge in [-0.1, -0.05) is 60.1 Å². The second-order valence-corrected chi connectivity index (χ2v) is 15.1. The molecule has 32 heavy (non-hydrogen) atoms. The smallest absolute Gasteiger partial charge is 0.0594 e. The Labute approximate surface area is 197 Å². The molecule has 4 fully saturated rings. The van der Waals surface area contributed by atoms with Gasteiger partial charge in [-0.2, -0.15) is 0 Å². The van der Waals surface area contributed by atoms with Crippen LogP contribution in [0, 0.1) is 50.2 Å². The maximum absolute atomic E-state index is 10.9. The van der Waals surface area contributed by atoms with Gasteiger partial charge in [0.15, 0.2) is 0 Å². The van der Waals surface area contributed by atoms with Crippen molar-refractivity contribution in [3.05, 3.63) is 11.6 Å². The van der Waals surface area contributed by atoms with Gasteiger partial charge in [-0.05, 0) is 109 Å². The van der Waals surface area contributed by atoms with Gasteiger partial charge in [0.25, 0.3) is 0 Å². The van der Waals surface area contributed by atoms with Gasteiger partial charge in [0.1, 0.15) is 0 Å². The number of aliphatic hydroxyl groups excluding tert-OH is 2. The Bertz CT molecular complexity index is 810. The molecular weight excluding hydrogens is 392 g/mol. The van der Waals surface area contributed by atoms with Crippen molar-refractivity contribution in [2.75, 3.05) is 6.61 Å². The second kappa shape index (κ2) is 6.87. The molecule has 0 aromatic carbocycles. The Hall–Kier alpha value is -0.340. The second-order valence-electron chi connectivity index (χ2n) is 15.1. The van der Waals surface area contributed by atoms with E-state index in [1.54, 1.807) is 5.57 Å². The van der Waals surface area contributed by atoms with Gasteiger partial charge < -0.3 is 10.2 Å². The number of hydrogen-bond acceptors (Lipinski definition) is 2. The molecule has 0 aliphatic heterocycles. The van der Waals surface area contributed by atoms with Gasteiger partial charge in [0.05, 0.1) is 6.10 Å². The van der Waals surface area contributed by atoms with Crippen LogP contribution >= 0.6 is 0 Å². The monoisotopic (exact) mass is 442 g/mol. The highest BCUT2D eigenvalue weighted by atomic mass is 16.3. The summed E-state index contributed by atoms with van der Waals surface area (Å²) in [6, 6.07) is 0. The molecule has 0 saturated heterocycles. The van der Waals surface area contributed by atoms with Crippen LogP contribution in [0.2, 0.25) is 0 Å². The topological polar surface area (TPSA) is 40.5 Å². The molecule has 0 unspecified atom stereocenters. The van der Waals surface area contributed by atoms with E-state index in [0.29, 0.717) is 40.6 Å². The van der Waals surface area contributed by atoms with E-state index in [4.69, 9.17) is 0 Å². The predicted octanol–water partition coefficient (Wildman–Crippen LogP) is 7.14. The third kappa shape index (κ3) is 2.78. The summed E-state index contributed by atoms with van der Waals surface area (Å²) in [6.45, 7) is 17.8. The fourth-order valence-electron chi connectivity index (χ4n) is 10.6. The normalized spacial score (nSPS) is 53.8. The van der Waals surface area contributed by atoms with E-state index in [9.17, 15) is 10.2 Å². The highest BCUT2D eigenvalue weighted by molar-refractivity contribution is 5.33. The van der Waals surface area contributed by atoms with Crippen LogP contribution in [-0.2, 0) is 0 Å². The average Bonchev–Trinajstić information content (AvgIpc) is 2.71. The summed E-state index contributed by atoms with van der Waals surface area (Å²) in [7, 11) is 0. The highest BCUT2D eigenvalue weighted by Gasteiger charge is 2.68. The lowest BCUT2D eigenvalue weighted by Gasteiger charge is -2.71. The zero-order valence-electron chi connectivity index (χ0n) is 22.1. The molecule has 5 rings (SSSR count). The van der Waals surface area contributed by atoms with Crippen LogP contribution in [0.25, 0.3) is 0 Å². The summed E-state index contributed by atoms with van der Waals surface area (Å²) in [4.78, 5) is 0. The van der Waals surface area contributed by atoms with E-state index in [1.165, 1.54) is 57.8 Å². The maximum Gasteiger partial charge on any atom is 0.0594 e. The van der Waals surface area contributed by atoms with Gasteiger partial charge >= 0.3 is 0 Å². The van der Waals surface area contributed by atoms with Crippen molar-refractivity contribution in [1.82, 2.24) is 0 Å². The van der Waals surface area contributed by atoms with E-state index >= 15 is 0 Å². The molecule has 2 heteroatoms. The summed E-state index contributed by atoms with van der Waals surface area (Å²) < 4.78 is 0. The summed E-state index contributed by atoms with van der Waals surface area (Å²) in [6.07, 6.45) is 14.6. The first kappa shape index (κ1) is 23.4. The van der Waals surface area contributed by atoms with Crippen molar-refractivity contribution < 1.29 is 10.2 Å². The lowest BCUT2D eigenvalue weighted by molar-refractivity contribution is -0.204. The van der Waals surface area contributed by atoms with Crippen LogP contribution in [0.5, 0.6) is 0 Å². The zero-order chi connectivity index (χ0) is 23.4. The predicted molar refractivity (Wildman–Crippen MR) is 132 cm³/mol. The van der Waals surface area contributed by atoms with Crippen LogP contribution in [-0.4, -0.2) is 22.9 Å². The average molecular weight is 443 g/mol. The van der Waals surface area contributed by atoms with Crippen LogP contribution in [0.3, 0.4) is 0 Å². The Balaban J connectivity index is 1.58. The van der Waals surface area contributed by atoms with Gasteiger partial charge in [-0.15, -0.1) is 0 Å². The van der Waals surface area contributed by atoms with Crippen molar-refractivity contribution in [3.8, 4) is 0 Å². The van der Waals surface area contributed by atoms with Crippen LogP contribution in [0.15, 0.2) is 11.6 Å². The van der Waals surface area contributed by atoms with Gasteiger partial charge in [-0.25, -0.2) is 0 Å². The molecule has 5 aliphatic carbocycles. The van der Waals surface area contributed by atoms with E-state index in [2.05, 4.69) is 54.5 Å². The molecule has 182 valence electrons. The van der Waals surface area contributed by atoms with E-state index in [-0.39, 0.29) is 22.3 Å². The fourth-order valence-corrected chi connectivity index (χ4v) is 10.6. The summed E-state index contributed by atoms with van der Waals surface area (Å²) in [5.41, 5.74) is 3.16. The highest BCUT2D eigenvalue weighted by Crippen LogP contribution is 2.75. The molecule has 0 spiro atoms. The van der Waals surface area contributed by atoms with Gasteiger partial charge in [0.2, 0.25) is 0 Å². The first-order chi connectivity index (χ1) is 14.8. The number of aliphatic hydroxyl groups is 2. The molecule has 0 radical (unpaired) electrons. The van der Waals surface area contributed by atoms with Crippen LogP contribution in [0.1, 0.15) is 113 Å². The Kier molecular flexibility index (Phi) is 5.02. The van der Waals surface area contributed by atoms with Crippen molar-refractivity contribution >= 4 is 0 Å². The number of fused-ring (bicyclic) bond motifs is 7. The summed E-state index contributed by atoms with van der Waals surface area (Å²) >= 11 is 0. The van der Waals surface area contributed by atoms with E-state index in [0.717, 1.165) is 6.42 Å². The molecule has 0 aromatic rings. The number of rotatable bonds is 1. The first-order valence-electron chi connectivity index (χ1n) is 13.8. The molecule has 2 N–H and O–H groups in total. The standard InChI is InChI=1S/C30H50O2/c1-25(2)14-16-30(19-31)17-15-28(6)20(21(30)18-25)8-9-23-27(5)12-11-24(32)26(3,4)22(27)10-13-29(23,28)7/h8,21-24,31-32H,9-19H2,1-7H3/t21-,22-,23+,24-,27-,28+,29+,30+/m1/s1. The van der Waals surface area contributed by atoms with Crippen molar-refractivity contribution in [3.63, 3.8) is 0 Å². The van der Waals surface area contributed by atoms with Crippen LogP contribution < -0.4 is 0 Å². The number of hydrogen-bond donors (Lipinski definition) is 2. The lowest BCUT2D eigenvalue weighted by Crippen LogP contribution is -2.64. The minimum absolute atomic E-state index is 0.0191. The maximum atomic E-state index is 10.9. The molecule has 0 aromatic heterocycles. The minimum Gasteiger partial charge on any atom is -0.396 e. The minimum atomic E-state index is -0.153. The quantitative estimate of drug-likeness (QED) is 0.424. The van der Waals surface area contributed by atoms with Crippen molar-refractivity contribution in [1.29, 1.82) is 0 Å². The molecule has 5 aliphatic rings. The summed E-state index contributed by atoms with van der Waals surface area (Å²) in [5, 5.41) is 21.5. The molecule has 0 heterocycles. The Morgan fingerprint density at radius 3 is 2.22 bits per heavy atom. The van der Waals surface area contributed by atoms with Crippen LogP contribution in [0.4, 0.5) is 0 Å². The van der Waals surface area contributed by atoms with E-state index < -0.39 is 0 Å². The summed E-state index contributed by atoms with van der Waals surface area (Å²) in [5.74, 6) is 1.87. The Morgan fingerprint density at radius 1 is 0.844 bits per heavy atom. The SMILES string of the molecule is CC1(C)CC[C@@]2(CO)CC[C@@]3(C)C(=CC[C@H]4[C@]5(C)CC[C@@H](O)C(C)(C)[C@H]5CC[C@@]43C)[C@H]2C1. The largest absolute Gasteiger partial charge is 0.396 e. The third-order valence-corrected chi connectivity index (χ3v) is 13.1. The Morgan fingerprint density at radius 2 is 1.53 bits per heavy atom. The van der Waals surface area contributed by atoms with E-state index in [1.807, 2.05) is 0 Å². The molecular formula is C30H50O2. The lowest BCUT2D eigenvalue weighted by atomic mass is 9.33. The first-order valence-corrected chi connectivity index (χ1v) is 13.8. The third-order valence-electron chi connectivity index (χ3n) is 13.1. The molecule has 8 atom stereocenters. The molecule has 2 nitrogen and oxygen atoms in total. The van der Waals surface area contributed by atoms with Gasteiger partial charge in [-0.3, -0.25) is 0 Å². The fraction of sp³-hybridized carbons (Fsp3) is 0.933. The van der Waals surface area contributed by atoms with Gasteiger partial charge in [0, 0.05) is 12.0 Å².